The number of nitrogens with one attached hydrogen (secondary N) is 1. The molecular formula is C29H26ClNO4S. The lowest BCUT2D eigenvalue weighted by atomic mass is 9.72. The highest BCUT2D eigenvalue weighted by Crippen LogP contribution is 2.46. The molecule has 2 aliphatic rings. The molecule has 0 unspecified atom stereocenters. The first-order chi connectivity index (χ1) is 17.5. The van der Waals surface area contributed by atoms with Gasteiger partial charge in [0.15, 0.2) is 5.78 Å². The average molecular weight is 520 g/mol. The Morgan fingerprint density at radius 1 is 1.03 bits per heavy atom. The fourth-order valence-electron chi connectivity index (χ4n) is 4.91. The quantitative estimate of drug-likeness (QED) is 0.289. The Morgan fingerprint density at radius 2 is 1.81 bits per heavy atom. The van der Waals surface area contributed by atoms with Crippen LogP contribution in [0.2, 0.25) is 5.02 Å². The number of ketones is 1. The summed E-state index contributed by atoms with van der Waals surface area (Å²) in [6.45, 7) is 2.19. The molecule has 7 heteroatoms. The van der Waals surface area contributed by atoms with Crippen LogP contribution in [0.25, 0.3) is 0 Å². The topological polar surface area (TPSA) is 64.6 Å². The lowest BCUT2D eigenvalue weighted by molar-refractivity contribution is -0.140. The van der Waals surface area contributed by atoms with Crippen LogP contribution in [0.1, 0.15) is 42.0 Å². The van der Waals surface area contributed by atoms with Crippen LogP contribution in [-0.4, -0.2) is 25.0 Å². The maximum absolute atomic E-state index is 13.6. The molecule has 1 aliphatic carbocycles. The van der Waals surface area contributed by atoms with Gasteiger partial charge >= 0.3 is 5.97 Å². The number of hydrogen-bond acceptors (Lipinski definition) is 6. The molecule has 1 aliphatic heterocycles. The third-order valence-electron chi connectivity index (χ3n) is 6.52. The molecule has 2 aromatic carbocycles. The van der Waals surface area contributed by atoms with E-state index < -0.39 is 11.9 Å². The number of carbonyl (C=O) groups excluding carboxylic acids is 2. The fourth-order valence-corrected chi connectivity index (χ4v) is 5.87. The van der Waals surface area contributed by atoms with Crippen LogP contribution in [-0.2, 0) is 14.3 Å². The molecule has 3 aromatic rings. The zero-order chi connectivity index (χ0) is 25.1. The molecule has 36 heavy (non-hydrogen) atoms. The lowest BCUT2D eigenvalue weighted by Gasteiger charge is -2.36. The molecule has 1 aromatic heterocycles. The van der Waals surface area contributed by atoms with Crippen molar-refractivity contribution >= 4 is 34.7 Å². The summed E-state index contributed by atoms with van der Waals surface area (Å²) < 4.78 is 11.3. The maximum atomic E-state index is 13.6. The van der Waals surface area contributed by atoms with Crippen molar-refractivity contribution < 1.29 is 19.1 Å². The van der Waals surface area contributed by atoms with E-state index in [1.807, 2.05) is 60.8 Å². The predicted octanol–water partition coefficient (Wildman–Crippen LogP) is 6.39. The number of dihydropyridines is 1. The predicted molar refractivity (Wildman–Crippen MR) is 141 cm³/mol. The largest absolute Gasteiger partial charge is 0.490 e. The number of thiophene rings is 1. The average Bonchev–Trinajstić information content (AvgIpc) is 3.42. The van der Waals surface area contributed by atoms with Gasteiger partial charge < -0.3 is 14.8 Å². The second-order valence-corrected chi connectivity index (χ2v) is 10.3. The van der Waals surface area contributed by atoms with E-state index in [-0.39, 0.29) is 24.9 Å². The summed E-state index contributed by atoms with van der Waals surface area (Å²) in [5.74, 6) is -0.0854. The second kappa shape index (κ2) is 10.7. The van der Waals surface area contributed by atoms with Gasteiger partial charge in [0.2, 0.25) is 0 Å². The molecule has 2 atom stereocenters. The number of halogens is 1. The maximum Gasteiger partial charge on any atom is 0.336 e. The highest BCUT2D eigenvalue weighted by atomic mass is 35.5. The van der Waals surface area contributed by atoms with Gasteiger partial charge in [0, 0.05) is 45.1 Å². The van der Waals surface area contributed by atoms with Crippen LogP contribution in [0.3, 0.4) is 0 Å². The fraction of sp³-hybridized carbons (Fsp3) is 0.241. The van der Waals surface area contributed by atoms with Gasteiger partial charge in [-0.2, -0.15) is 0 Å². The molecule has 184 valence electrons. The van der Waals surface area contributed by atoms with Gasteiger partial charge in [-0.05, 0) is 54.6 Å². The van der Waals surface area contributed by atoms with Crippen LogP contribution in [0.4, 0.5) is 0 Å². The summed E-state index contributed by atoms with van der Waals surface area (Å²) in [4.78, 5) is 28.1. The third kappa shape index (κ3) is 5.11. The van der Waals surface area contributed by atoms with Crippen molar-refractivity contribution in [1.82, 2.24) is 5.32 Å². The van der Waals surface area contributed by atoms with Crippen molar-refractivity contribution in [1.29, 1.82) is 0 Å². The SMILES string of the molecule is CC1=C(C(=O)OCCOc2ccccc2)[C@H](c2ccc(Cl)cc2)C2=C(C[C@H](c3cccs3)CC2=O)N1. The monoisotopic (exact) mass is 519 g/mol. The molecule has 0 saturated heterocycles. The highest BCUT2D eigenvalue weighted by Gasteiger charge is 2.41. The van der Waals surface area contributed by atoms with Crippen LogP contribution in [0.5, 0.6) is 5.75 Å². The van der Waals surface area contributed by atoms with Gasteiger partial charge in [-0.3, -0.25) is 4.79 Å². The number of esters is 1. The van der Waals surface area contributed by atoms with Crippen molar-refractivity contribution in [3.63, 3.8) is 0 Å². The highest BCUT2D eigenvalue weighted by molar-refractivity contribution is 7.10. The van der Waals surface area contributed by atoms with E-state index in [0.29, 0.717) is 34.0 Å². The zero-order valence-corrected chi connectivity index (χ0v) is 21.4. The van der Waals surface area contributed by atoms with E-state index >= 15 is 0 Å². The van der Waals surface area contributed by atoms with Gasteiger partial charge in [-0.25, -0.2) is 4.79 Å². The van der Waals surface area contributed by atoms with Gasteiger partial charge in [-0.1, -0.05) is 48.0 Å². The number of carbonyl (C=O) groups is 2. The van der Waals surface area contributed by atoms with E-state index in [1.165, 1.54) is 4.88 Å². The molecule has 0 radical (unpaired) electrons. The van der Waals surface area contributed by atoms with E-state index in [0.717, 1.165) is 17.7 Å². The van der Waals surface area contributed by atoms with Gasteiger partial charge in [-0.15, -0.1) is 11.3 Å². The molecule has 5 rings (SSSR count). The minimum Gasteiger partial charge on any atom is -0.490 e. The van der Waals surface area contributed by atoms with Crippen molar-refractivity contribution in [2.75, 3.05) is 13.2 Å². The Labute approximate surface area is 219 Å². The molecular weight excluding hydrogens is 494 g/mol. The summed E-state index contributed by atoms with van der Waals surface area (Å²) in [6, 6.07) is 20.8. The number of benzene rings is 2. The number of rotatable bonds is 7. The number of para-hydroxylation sites is 1. The normalized spacial score (nSPS) is 19.6. The molecule has 0 fully saturated rings. The van der Waals surface area contributed by atoms with Crippen LogP contribution in [0.15, 0.2) is 94.7 Å². The molecule has 0 amide bonds. The Morgan fingerprint density at radius 3 is 2.53 bits per heavy atom. The van der Waals surface area contributed by atoms with Crippen molar-refractivity contribution in [3.8, 4) is 5.75 Å². The Bertz CT molecular complexity index is 1310. The Balaban J connectivity index is 1.40. The molecule has 2 heterocycles. The number of allylic oxidation sites excluding steroid dienone is 3. The van der Waals surface area contributed by atoms with Crippen molar-refractivity contribution in [3.05, 3.63) is 110 Å². The standard InChI is InChI=1S/C29H26ClNO4S/c1-18-26(29(33)35-14-13-34-22-6-3-2-4-7-22)27(19-9-11-21(30)12-10-19)28-23(31-18)16-20(17-24(28)32)25-8-5-15-36-25/h2-12,15,20,27,31H,13-14,16-17H2,1H3/t20-,27-/m0/s1. The Hall–Kier alpha value is -3.35. The van der Waals surface area contributed by atoms with Crippen LogP contribution >= 0.6 is 22.9 Å². The van der Waals surface area contributed by atoms with E-state index in [1.54, 1.807) is 23.5 Å². The van der Waals surface area contributed by atoms with Crippen molar-refractivity contribution in [2.24, 2.45) is 0 Å². The molecule has 5 nitrogen and oxygen atoms in total. The van der Waals surface area contributed by atoms with Crippen LogP contribution < -0.4 is 10.1 Å². The van der Waals surface area contributed by atoms with Gasteiger partial charge in [0.1, 0.15) is 19.0 Å². The molecule has 1 N–H and O–H groups in total. The van der Waals surface area contributed by atoms with Gasteiger partial charge in [0.25, 0.3) is 0 Å². The van der Waals surface area contributed by atoms with Crippen LogP contribution in [0, 0.1) is 0 Å². The van der Waals surface area contributed by atoms with E-state index in [9.17, 15) is 9.59 Å². The number of ether oxygens (including phenoxy) is 2. The first-order valence-corrected chi connectivity index (χ1v) is 13.1. The number of hydrogen-bond donors (Lipinski definition) is 1. The van der Waals surface area contributed by atoms with Crippen molar-refractivity contribution in [2.45, 2.75) is 31.6 Å². The first kappa shape index (κ1) is 24.3. The second-order valence-electron chi connectivity index (χ2n) is 8.88. The lowest BCUT2D eigenvalue weighted by Crippen LogP contribution is -2.36. The summed E-state index contributed by atoms with van der Waals surface area (Å²) in [5.41, 5.74) is 3.50. The van der Waals surface area contributed by atoms with E-state index in [4.69, 9.17) is 21.1 Å². The minimum atomic E-state index is -0.516. The minimum absolute atomic E-state index is 0.0484. The molecule has 0 bridgehead atoms. The van der Waals surface area contributed by atoms with Gasteiger partial charge in [0.05, 0.1) is 5.57 Å². The molecule has 0 saturated carbocycles. The third-order valence-corrected chi connectivity index (χ3v) is 7.81. The number of Topliss-reactive ketones (excluding diaryl/α,β-unsaturated/α-hetero) is 1. The van der Waals surface area contributed by atoms with E-state index in [2.05, 4.69) is 11.4 Å². The summed E-state index contributed by atoms with van der Waals surface area (Å²) >= 11 is 7.82. The smallest absolute Gasteiger partial charge is 0.336 e. The summed E-state index contributed by atoms with van der Waals surface area (Å²) in [5, 5.41) is 6.02. The summed E-state index contributed by atoms with van der Waals surface area (Å²) in [6.07, 6.45) is 1.13. The molecule has 0 spiro atoms. The summed E-state index contributed by atoms with van der Waals surface area (Å²) in [7, 11) is 0. The zero-order valence-electron chi connectivity index (χ0n) is 19.8. The first-order valence-electron chi connectivity index (χ1n) is 11.9. The Kier molecular flexibility index (Phi) is 7.25.